The zero-order valence-corrected chi connectivity index (χ0v) is 15.4. The lowest BCUT2D eigenvalue weighted by atomic mass is 10.1. The standard InChI is InChI=1S/C19H20ClNO3S/c20-16-12-14(13-17-19(16)24-10-9-23-17)6-8-21-18(22)7-11-25-15-4-2-1-3-5-15/h1-5,12-13H,6-11H2,(H,21,22). The number of amides is 1. The Hall–Kier alpha value is -1.85. The number of fused-ring (bicyclic) bond motifs is 1. The van der Waals surface area contributed by atoms with Crippen molar-refractivity contribution in [1.82, 2.24) is 5.32 Å². The Balaban J connectivity index is 1.40. The summed E-state index contributed by atoms with van der Waals surface area (Å²) in [7, 11) is 0. The second-order valence-corrected chi connectivity index (χ2v) is 7.19. The summed E-state index contributed by atoms with van der Waals surface area (Å²) in [5, 5.41) is 3.50. The first kappa shape index (κ1) is 18.0. The Morgan fingerprint density at radius 3 is 2.80 bits per heavy atom. The molecule has 25 heavy (non-hydrogen) atoms. The minimum atomic E-state index is 0.0621. The maximum atomic E-state index is 11.9. The fourth-order valence-electron chi connectivity index (χ4n) is 2.52. The van der Waals surface area contributed by atoms with Crippen molar-refractivity contribution in [3.05, 3.63) is 53.1 Å². The predicted octanol–water partition coefficient (Wildman–Crippen LogP) is 3.95. The van der Waals surface area contributed by atoms with Crippen LogP contribution in [0.15, 0.2) is 47.4 Å². The van der Waals surface area contributed by atoms with Crippen molar-refractivity contribution in [1.29, 1.82) is 0 Å². The zero-order valence-electron chi connectivity index (χ0n) is 13.8. The molecule has 1 heterocycles. The van der Waals surface area contributed by atoms with Crippen LogP contribution in [-0.2, 0) is 11.2 Å². The van der Waals surface area contributed by atoms with Crippen molar-refractivity contribution < 1.29 is 14.3 Å². The van der Waals surface area contributed by atoms with Gasteiger partial charge in [0.15, 0.2) is 11.5 Å². The van der Waals surface area contributed by atoms with Crippen LogP contribution in [0.2, 0.25) is 5.02 Å². The normalized spacial score (nSPS) is 12.7. The van der Waals surface area contributed by atoms with Gasteiger partial charge in [-0.3, -0.25) is 4.79 Å². The molecule has 0 radical (unpaired) electrons. The van der Waals surface area contributed by atoms with Gasteiger partial charge < -0.3 is 14.8 Å². The maximum absolute atomic E-state index is 11.9. The summed E-state index contributed by atoms with van der Waals surface area (Å²) in [5.74, 6) is 2.12. The largest absolute Gasteiger partial charge is 0.486 e. The fourth-order valence-corrected chi connectivity index (χ4v) is 3.68. The van der Waals surface area contributed by atoms with Gasteiger partial charge in [0.2, 0.25) is 5.91 Å². The molecule has 1 aliphatic heterocycles. The number of benzene rings is 2. The van der Waals surface area contributed by atoms with Crippen LogP contribution in [0.25, 0.3) is 0 Å². The molecule has 0 atom stereocenters. The number of thioether (sulfide) groups is 1. The second-order valence-electron chi connectivity index (χ2n) is 5.61. The third kappa shape index (κ3) is 5.31. The molecule has 132 valence electrons. The molecule has 0 aliphatic carbocycles. The van der Waals surface area contributed by atoms with Crippen molar-refractivity contribution in [3.63, 3.8) is 0 Å². The fraction of sp³-hybridized carbons (Fsp3) is 0.316. The Morgan fingerprint density at radius 1 is 1.16 bits per heavy atom. The highest BCUT2D eigenvalue weighted by atomic mass is 35.5. The van der Waals surface area contributed by atoms with Crippen LogP contribution in [-0.4, -0.2) is 31.4 Å². The van der Waals surface area contributed by atoms with Crippen molar-refractivity contribution >= 4 is 29.3 Å². The van der Waals surface area contributed by atoms with Gasteiger partial charge in [-0.05, 0) is 36.2 Å². The van der Waals surface area contributed by atoms with E-state index in [-0.39, 0.29) is 5.91 Å². The van der Waals surface area contributed by atoms with Gasteiger partial charge in [-0.2, -0.15) is 0 Å². The van der Waals surface area contributed by atoms with E-state index in [1.807, 2.05) is 42.5 Å². The van der Waals surface area contributed by atoms with Crippen molar-refractivity contribution in [2.45, 2.75) is 17.7 Å². The van der Waals surface area contributed by atoms with Gasteiger partial charge in [-0.25, -0.2) is 0 Å². The molecule has 1 amide bonds. The Labute approximate surface area is 156 Å². The van der Waals surface area contributed by atoms with Crippen LogP contribution in [0.4, 0.5) is 0 Å². The van der Waals surface area contributed by atoms with Crippen LogP contribution >= 0.6 is 23.4 Å². The van der Waals surface area contributed by atoms with Crippen LogP contribution < -0.4 is 14.8 Å². The lowest BCUT2D eigenvalue weighted by molar-refractivity contribution is -0.120. The minimum Gasteiger partial charge on any atom is -0.486 e. The zero-order chi connectivity index (χ0) is 17.5. The lowest BCUT2D eigenvalue weighted by Gasteiger charge is -2.20. The van der Waals surface area contributed by atoms with Crippen molar-refractivity contribution in [3.8, 4) is 11.5 Å². The number of hydrogen-bond donors (Lipinski definition) is 1. The highest BCUT2D eigenvalue weighted by molar-refractivity contribution is 7.99. The molecule has 0 bridgehead atoms. The average Bonchev–Trinajstić information content (AvgIpc) is 2.63. The summed E-state index contributed by atoms with van der Waals surface area (Å²) in [6, 6.07) is 13.9. The first-order valence-corrected chi connectivity index (χ1v) is 9.61. The van der Waals surface area contributed by atoms with Gasteiger partial charge in [-0.1, -0.05) is 29.8 Å². The molecule has 2 aromatic rings. The maximum Gasteiger partial charge on any atom is 0.220 e. The summed E-state index contributed by atoms with van der Waals surface area (Å²) < 4.78 is 11.1. The summed E-state index contributed by atoms with van der Waals surface area (Å²) in [4.78, 5) is 13.1. The number of nitrogens with one attached hydrogen (secondary N) is 1. The molecule has 0 fully saturated rings. The summed E-state index contributed by atoms with van der Waals surface area (Å²) in [6.07, 6.45) is 1.20. The SMILES string of the molecule is O=C(CCSc1ccccc1)NCCc1cc(Cl)c2c(c1)OCCO2. The van der Waals surface area contributed by atoms with E-state index in [0.717, 1.165) is 11.3 Å². The molecule has 1 aliphatic rings. The van der Waals surface area contributed by atoms with Gasteiger partial charge in [0, 0.05) is 23.6 Å². The minimum absolute atomic E-state index is 0.0621. The Bertz CT molecular complexity index is 724. The average molecular weight is 378 g/mol. The third-order valence-electron chi connectivity index (χ3n) is 3.73. The first-order chi connectivity index (χ1) is 12.2. The Morgan fingerprint density at radius 2 is 1.96 bits per heavy atom. The Kier molecular flexibility index (Phi) is 6.48. The predicted molar refractivity (Wildman–Crippen MR) is 101 cm³/mol. The second kappa shape index (κ2) is 9.02. The number of rotatable bonds is 7. The van der Waals surface area contributed by atoms with Crippen LogP contribution in [0.5, 0.6) is 11.5 Å². The highest BCUT2D eigenvalue weighted by Gasteiger charge is 2.16. The molecule has 0 aromatic heterocycles. The van der Waals surface area contributed by atoms with E-state index in [9.17, 15) is 4.79 Å². The smallest absolute Gasteiger partial charge is 0.220 e. The molecule has 1 N–H and O–H groups in total. The molecule has 6 heteroatoms. The van der Waals surface area contributed by atoms with Crippen LogP contribution in [0.3, 0.4) is 0 Å². The number of ether oxygens (including phenoxy) is 2. The molecule has 3 rings (SSSR count). The molecule has 0 unspecified atom stereocenters. The van der Waals surface area contributed by atoms with Gasteiger partial charge in [-0.15, -0.1) is 11.8 Å². The van der Waals surface area contributed by atoms with E-state index in [1.54, 1.807) is 11.8 Å². The van der Waals surface area contributed by atoms with Crippen molar-refractivity contribution in [2.24, 2.45) is 0 Å². The van der Waals surface area contributed by atoms with Gasteiger partial charge in [0.1, 0.15) is 13.2 Å². The highest BCUT2D eigenvalue weighted by Crippen LogP contribution is 2.38. The van der Waals surface area contributed by atoms with Crippen LogP contribution in [0, 0.1) is 0 Å². The van der Waals surface area contributed by atoms with Gasteiger partial charge in [0.25, 0.3) is 0 Å². The van der Waals surface area contributed by atoms with Gasteiger partial charge in [0.05, 0.1) is 5.02 Å². The molecule has 0 saturated carbocycles. The quantitative estimate of drug-likeness (QED) is 0.742. The van der Waals surface area contributed by atoms with E-state index in [1.165, 1.54) is 4.90 Å². The topological polar surface area (TPSA) is 47.6 Å². The number of carbonyl (C=O) groups excluding carboxylic acids is 1. The summed E-state index contributed by atoms with van der Waals surface area (Å²) in [6.45, 7) is 1.62. The van der Waals surface area contributed by atoms with E-state index < -0.39 is 0 Å². The molecule has 0 spiro atoms. The molecular weight excluding hydrogens is 358 g/mol. The molecule has 4 nitrogen and oxygen atoms in total. The van der Waals surface area contributed by atoms with E-state index in [0.29, 0.717) is 49.1 Å². The third-order valence-corrected chi connectivity index (χ3v) is 5.03. The summed E-state index contributed by atoms with van der Waals surface area (Å²) in [5.41, 5.74) is 1.02. The summed E-state index contributed by atoms with van der Waals surface area (Å²) >= 11 is 7.91. The number of halogens is 1. The molecular formula is C19H20ClNO3S. The lowest BCUT2D eigenvalue weighted by Crippen LogP contribution is -2.26. The van der Waals surface area contributed by atoms with E-state index in [4.69, 9.17) is 21.1 Å². The van der Waals surface area contributed by atoms with E-state index >= 15 is 0 Å². The van der Waals surface area contributed by atoms with E-state index in [2.05, 4.69) is 5.32 Å². The molecule has 0 saturated heterocycles. The molecule has 2 aromatic carbocycles. The number of carbonyl (C=O) groups is 1. The monoisotopic (exact) mass is 377 g/mol. The number of hydrogen-bond acceptors (Lipinski definition) is 4. The van der Waals surface area contributed by atoms with Gasteiger partial charge >= 0.3 is 0 Å². The first-order valence-electron chi connectivity index (χ1n) is 8.25. The van der Waals surface area contributed by atoms with Crippen molar-refractivity contribution in [2.75, 3.05) is 25.5 Å². The van der Waals surface area contributed by atoms with Crippen LogP contribution in [0.1, 0.15) is 12.0 Å².